The summed E-state index contributed by atoms with van der Waals surface area (Å²) >= 11 is 0. The van der Waals surface area contributed by atoms with Crippen LogP contribution in [0.15, 0.2) is 6.20 Å². The van der Waals surface area contributed by atoms with Crippen molar-refractivity contribution in [3.63, 3.8) is 0 Å². The quantitative estimate of drug-likeness (QED) is 0.336. The Morgan fingerprint density at radius 2 is 2.20 bits per heavy atom. The molecule has 0 aliphatic heterocycles. The minimum absolute atomic E-state index is 0.117. The van der Waals surface area contributed by atoms with Crippen molar-refractivity contribution in [2.75, 3.05) is 13.2 Å². The van der Waals surface area contributed by atoms with Gasteiger partial charge in [0.1, 0.15) is 6.73 Å². The normalized spacial score (nSPS) is 11.2. The molecule has 0 aliphatic rings. The Bertz CT molecular complexity index is 500. The second kappa shape index (κ2) is 7.22. The third-order valence-electron chi connectivity index (χ3n) is 2.56. The van der Waals surface area contributed by atoms with Gasteiger partial charge in [0.25, 0.3) is 5.82 Å². The van der Waals surface area contributed by atoms with Crippen LogP contribution < -0.4 is 0 Å². The van der Waals surface area contributed by atoms with Crippen molar-refractivity contribution in [1.82, 2.24) is 9.55 Å². The van der Waals surface area contributed by atoms with Crippen LogP contribution in [-0.4, -0.2) is 36.8 Å². The van der Waals surface area contributed by atoms with Crippen LogP contribution in [-0.2, 0) is 16.2 Å². The summed E-state index contributed by atoms with van der Waals surface area (Å²) in [5.41, 5.74) is 0. The molecule has 0 aliphatic carbocycles. The first kappa shape index (κ1) is 16.4. The molecule has 0 unspecified atom stereocenters. The van der Waals surface area contributed by atoms with E-state index >= 15 is 0 Å². The van der Waals surface area contributed by atoms with Crippen molar-refractivity contribution < 1.29 is 14.3 Å². The zero-order valence-corrected chi connectivity index (χ0v) is 13.5. The molecular formula is C13H21N3O3Si. The third-order valence-corrected chi connectivity index (χ3v) is 4.27. The highest BCUT2D eigenvalue weighted by atomic mass is 28.3. The predicted octanol–water partition coefficient (Wildman–Crippen LogP) is 2.92. The lowest BCUT2D eigenvalue weighted by molar-refractivity contribution is 0.0464. The largest absolute Gasteiger partial charge is 0.459 e. The Morgan fingerprint density at radius 3 is 2.75 bits per heavy atom. The van der Waals surface area contributed by atoms with Crippen LogP contribution >= 0.6 is 0 Å². The van der Waals surface area contributed by atoms with E-state index in [4.69, 9.17) is 16.0 Å². The fourth-order valence-electron chi connectivity index (χ4n) is 1.45. The minimum atomic E-state index is -1.14. The first-order valence-electron chi connectivity index (χ1n) is 6.57. The number of hydrogen-bond donors (Lipinski definition) is 0. The highest BCUT2D eigenvalue weighted by molar-refractivity contribution is 6.76. The number of rotatable bonds is 7. The smallest absolute Gasteiger partial charge is 0.399 e. The average Bonchev–Trinajstić information content (AvgIpc) is 2.77. The fourth-order valence-corrected chi connectivity index (χ4v) is 2.21. The first-order valence-corrected chi connectivity index (χ1v) is 10.3. The molecule has 1 heterocycles. The van der Waals surface area contributed by atoms with Crippen LogP contribution in [0.5, 0.6) is 0 Å². The number of imidazole rings is 1. The van der Waals surface area contributed by atoms with Gasteiger partial charge in [-0.15, -0.1) is 0 Å². The number of carbonyl (C=O) groups excluding carboxylic acids is 1. The Labute approximate surface area is 120 Å². The van der Waals surface area contributed by atoms with E-state index in [-0.39, 0.29) is 25.0 Å². The van der Waals surface area contributed by atoms with E-state index in [1.807, 2.05) is 0 Å². The molecule has 0 aromatic carbocycles. The summed E-state index contributed by atoms with van der Waals surface area (Å²) in [4.78, 5) is 18.9. The second-order valence-corrected chi connectivity index (χ2v) is 11.2. The maximum atomic E-state index is 11.7. The summed E-state index contributed by atoms with van der Waals surface area (Å²) in [7, 11) is -1.14. The molecule has 0 saturated heterocycles. The summed E-state index contributed by atoms with van der Waals surface area (Å²) in [6.45, 7) is 16.6. The highest BCUT2D eigenvalue weighted by Crippen LogP contribution is 2.14. The van der Waals surface area contributed by atoms with E-state index < -0.39 is 14.0 Å². The zero-order chi connectivity index (χ0) is 15.2. The lowest BCUT2D eigenvalue weighted by atomic mass is 10.6. The molecule has 0 amide bonds. The van der Waals surface area contributed by atoms with Crippen molar-refractivity contribution in [3.05, 3.63) is 23.4 Å². The predicted molar refractivity (Wildman–Crippen MR) is 78.6 cm³/mol. The number of aromatic nitrogens is 2. The molecule has 7 heteroatoms. The Morgan fingerprint density at radius 1 is 1.50 bits per heavy atom. The number of esters is 1. The van der Waals surface area contributed by atoms with Crippen LogP contribution in [0.25, 0.3) is 4.85 Å². The van der Waals surface area contributed by atoms with Gasteiger partial charge in [0.15, 0.2) is 0 Å². The SMILES string of the molecule is [C-]#[N+]c1cn(COCC[Si](C)(C)C)c(C(=O)OCC)n1. The number of ether oxygens (including phenoxy) is 2. The van der Waals surface area contributed by atoms with Crippen LogP contribution in [0.2, 0.25) is 25.7 Å². The molecule has 0 fully saturated rings. The Kier molecular flexibility index (Phi) is 5.92. The molecule has 110 valence electrons. The molecule has 0 radical (unpaired) electrons. The van der Waals surface area contributed by atoms with Crippen molar-refractivity contribution in [2.24, 2.45) is 0 Å². The molecule has 0 N–H and O–H groups in total. The molecule has 1 rings (SSSR count). The van der Waals surface area contributed by atoms with Crippen molar-refractivity contribution in [1.29, 1.82) is 0 Å². The molecule has 0 saturated carbocycles. The van der Waals surface area contributed by atoms with E-state index in [2.05, 4.69) is 29.5 Å². The number of nitrogens with zero attached hydrogens (tertiary/aromatic N) is 3. The Balaban J connectivity index is 2.66. The fraction of sp³-hybridized carbons (Fsp3) is 0.615. The van der Waals surface area contributed by atoms with E-state index in [1.165, 1.54) is 10.8 Å². The second-order valence-electron chi connectivity index (χ2n) is 5.57. The van der Waals surface area contributed by atoms with Gasteiger partial charge in [0.05, 0.1) is 6.61 Å². The third kappa shape index (κ3) is 5.15. The van der Waals surface area contributed by atoms with Crippen LogP contribution in [0, 0.1) is 6.57 Å². The van der Waals surface area contributed by atoms with E-state index in [0.29, 0.717) is 6.61 Å². The molecular weight excluding hydrogens is 274 g/mol. The monoisotopic (exact) mass is 295 g/mol. The topological polar surface area (TPSA) is 57.7 Å². The Hall–Kier alpha value is -1.65. The van der Waals surface area contributed by atoms with E-state index in [9.17, 15) is 4.79 Å². The highest BCUT2D eigenvalue weighted by Gasteiger charge is 2.21. The van der Waals surface area contributed by atoms with Crippen LogP contribution in [0.3, 0.4) is 0 Å². The van der Waals surface area contributed by atoms with Crippen molar-refractivity contribution in [3.8, 4) is 0 Å². The maximum absolute atomic E-state index is 11.7. The lowest BCUT2D eigenvalue weighted by Gasteiger charge is -2.15. The number of hydrogen-bond acceptors (Lipinski definition) is 4. The van der Waals surface area contributed by atoms with Gasteiger partial charge in [0.2, 0.25) is 0 Å². The summed E-state index contributed by atoms with van der Waals surface area (Å²) in [6, 6.07) is 1.05. The molecule has 6 nitrogen and oxygen atoms in total. The first-order chi connectivity index (χ1) is 9.37. The van der Waals surface area contributed by atoms with E-state index in [1.54, 1.807) is 6.92 Å². The lowest BCUT2D eigenvalue weighted by Crippen LogP contribution is -2.22. The maximum Gasteiger partial charge on any atom is 0.399 e. The van der Waals surface area contributed by atoms with Gasteiger partial charge in [0, 0.05) is 20.9 Å². The van der Waals surface area contributed by atoms with Gasteiger partial charge in [-0.25, -0.2) is 4.79 Å². The molecule has 0 spiro atoms. The van der Waals surface area contributed by atoms with Crippen molar-refractivity contribution in [2.45, 2.75) is 39.3 Å². The summed E-state index contributed by atoms with van der Waals surface area (Å²) in [6.07, 6.45) is 1.51. The van der Waals surface area contributed by atoms with Gasteiger partial charge in [-0.3, -0.25) is 4.57 Å². The minimum Gasteiger partial charge on any atom is -0.459 e. The van der Waals surface area contributed by atoms with Crippen molar-refractivity contribution >= 4 is 19.9 Å². The average molecular weight is 295 g/mol. The van der Waals surface area contributed by atoms with Gasteiger partial charge in [-0.05, 0) is 13.0 Å². The van der Waals surface area contributed by atoms with Gasteiger partial charge in [-0.2, -0.15) is 0 Å². The van der Waals surface area contributed by atoms with Gasteiger partial charge < -0.3 is 14.3 Å². The van der Waals surface area contributed by atoms with E-state index in [0.717, 1.165) is 6.04 Å². The van der Waals surface area contributed by atoms with Gasteiger partial charge in [-0.1, -0.05) is 31.2 Å². The molecule has 1 aromatic heterocycles. The summed E-state index contributed by atoms with van der Waals surface area (Å²) < 4.78 is 12.0. The molecule has 0 atom stereocenters. The van der Waals surface area contributed by atoms with Crippen LogP contribution in [0.1, 0.15) is 17.5 Å². The van der Waals surface area contributed by atoms with Gasteiger partial charge >= 0.3 is 11.8 Å². The zero-order valence-electron chi connectivity index (χ0n) is 12.5. The summed E-state index contributed by atoms with van der Waals surface area (Å²) in [5, 5.41) is 0. The number of carbonyl (C=O) groups is 1. The molecule has 20 heavy (non-hydrogen) atoms. The van der Waals surface area contributed by atoms with Crippen LogP contribution in [0.4, 0.5) is 5.82 Å². The molecule has 0 bridgehead atoms. The summed E-state index contributed by atoms with van der Waals surface area (Å²) in [5.74, 6) is -0.246. The standard InChI is InChI=1S/C13H21N3O3Si/c1-6-19-13(17)12-15-11(14-2)9-16(12)10-18-7-8-20(3,4)5/h9H,6-8,10H2,1,3-5H3. The molecule has 1 aromatic rings.